The summed E-state index contributed by atoms with van der Waals surface area (Å²) in [5.41, 5.74) is 1.46. The molecule has 1 heterocycles. The third kappa shape index (κ3) is 5.13. The summed E-state index contributed by atoms with van der Waals surface area (Å²) in [4.78, 5) is 25.0. The van der Waals surface area contributed by atoms with Crippen LogP contribution in [0, 0.1) is 0 Å². The Morgan fingerprint density at radius 3 is 2.27 bits per heavy atom. The molecule has 0 unspecified atom stereocenters. The lowest BCUT2D eigenvalue weighted by molar-refractivity contribution is -0.128. The number of carbonyl (C=O) groups is 2. The van der Waals surface area contributed by atoms with Crippen molar-refractivity contribution < 1.29 is 14.3 Å². The SMILES string of the molecule is O=C(/C=C/c1ccccc1)Oc1ccc(C(=O)/C=C/c2cccs2)cc1. The summed E-state index contributed by atoms with van der Waals surface area (Å²) >= 11 is 1.57. The van der Waals surface area contributed by atoms with Gasteiger partial charge >= 0.3 is 5.97 Å². The zero-order valence-corrected chi connectivity index (χ0v) is 14.7. The Balaban J connectivity index is 1.58. The average molecular weight is 360 g/mol. The van der Waals surface area contributed by atoms with Gasteiger partial charge in [0.05, 0.1) is 0 Å². The summed E-state index contributed by atoms with van der Waals surface area (Å²) in [5.74, 6) is -0.169. The van der Waals surface area contributed by atoms with Crippen LogP contribution in [0.3, 0.4) is 0 Å². The third-order valence-corrected chi connectivity index (χ3v) is 4.35. The average Bonchev–Trinajstić information content (AvgIpc) is 3.19. The molecule has 4 heteroatoms. The monoisotopic (exact) mass is 360 g/mol. The molecule has 0 amide bonds. The van der Waals surface area contributed by atoms with Crippen molar-refractivity contribution in [3.8, 4) is 5.75 Å². The Hall–Kier alpha value is -3.24. The first kappa shape index (κ1) is 17.6. The standard InChI is InChI=1S/C22H16O3S/c23-21(14-13-20-7-4-16-26-20)18-9-11-19(12-10-18)25-22(24)15-8-17-5-2-1-3-6-17/h1-16H/b14-13+,15-8+. The van der Waals surface area contributed by atoms with Gasteiger partial charge in [0.25, 0.3) is 0 Å². The second kappa shape index (κ2) is 8.74. The summed E-state index contributed by atoms with van der Waals surface area (Å²) in [6, 6.07) is 19.9. The molecule has 3 nitrogen and oxygen atoms in total. The molecule has 26 heavy (non-hydrogen) atoms. The van der Waals surface area contributed by atoms with E-state index in [9.17, 15) is 9.59 Å². The van der Waals surface area contributed by atoms with Crippen LogP contribution in [-0.4, -0.2) is 11.8 Å². The Kier molecular flexibility index (Phi) is 5.91. The maximum atomic E-state index is 12.1. The highest BCUT2D eigenvalue weighted by Crippen LogP contribution is 2.15. The van der Waals surface area contributed by atoms with E-state index < -0.39 is 5.97 Å². The Labute approximate surface area is 155 Å². The van der Waals surface area contributed by atoms with Crippen LogP contribution in [0.25, 0.3) is 12.2 Å². The molecule has 0 spiro atoms. The van der Waals surface area contributed by atoms with Crippen LogP contribution < -0.4 is 4.74 Å². The van der Waals surface area contributed by atoms with Crippen LogP contribution >= 0.6 is 11.3 Å². The van der Waals surface area contributed by atoms with Crippen LogP contribution in [0.2, 0.25) is 0 Å². The molecule has 0 saturated carbocycles. The van der Waals surface area contributed by atoms with Crippen molar-refractivity contribution in [3.63, 3.8) is 0 Å². The number of hydrogen-bond donors (Lipinski definition) is 0. The molecule has 0 bridgehead atoms. The van der Waals surface area contributed by atoms with Crippen LogP contribution in [0.1, 0.15) is 20.8 Å². The quantitative estimate of drug-likeness (QED) is 0.260. The fourth-order valence-corrected chi connectivity index (χ4v) is 2.82. The molecule has 0 aliphatic rings. The molecule has 0 aliphatic carbocycles. The first-order valence-electron chi connectivity index (χ1n) is 8.02. The molecule has 0 saturated heterocycles. The first-order chi connectivity index (χ1) is 12.7. The number of allylic oxidation sites excluding steroid dienone is 1. The second-order valence-corrected chi connectivity index (χ2v) is 6.38. The zero-order valence-electron chi connectivity index (χ0n) is 13.9. The number of benzene rings is 2. The van der Waals surface area contributed by atoms with Crippen LogP contribution in [-0.2, 0) is 4.79 Å². The van der Waals surface area contributed by atoms with E-state index in [0.29, 0.717) is 11.3 Å². The molecule has 1 aromatic heterocycles. The van der Waals surface area contributed by atoms with Crippen LogP contribution in [0.4, 0.5) is 0 Å². The molecule has 0 aliphatic heterocycles. The molecule has 3 rings (SSSR count). The largest absolute Gasteiger partial charge is 0.423 e. The van der Waals surface area contributed by atoms with E-state index in [0.717, 1.165) is 10.4 Å². The lowest BCUT2D eigenvalue weighted by atomic mass is 10.1. The lowest BCUT2D eigenvalue weighted by Gasteiger charge is -2.02. The Morgan fingerprint density at radius 1 is 0.808 bits per heavy atom. The molecular formula is C22H16O3S. The number of hydrogen-bond acceptors (Lipinski definition) is 4. The highest BCUT2D eigenvalue weighted by Gasteiger charge is 2.04. The Morgan fingerprint density at radius 2 is 1.58 bits per heavy atom. The van der Waals surface area contributed by atoms with Gasteiger partial charge in [-0.25, -0.2) is 4.79 Å². The molecule has 0 radical (unpaired) electrons. The first-order valence-corrected chi connectivity index (χ1v) is 8.89. The van der Waals surface area contributed by atoms with Crippen molar-refractivity contribution in [3.05, 3.63) is 100 Å². The number of esters is 1. The fraction of sp³-hybridized carbons (Fsp3) is 0. The van der Waals surface area contributed by atoms with Crippen molar-refractivity contribution in [1.29, 1.82) is 0 Å². The highest BCUT2D eigenvalue weighted by molar-refractivity contribution is 7.10. The van der Waals surface area contributed by atoms with Gasteiger partial charge in [0.15, 0.2) is 5.78 Å². The number of carbonyl (C=O) groups excluding carboxylic acids is 2. The van der Waals surface area contributed by atoms with Gasteiger partial charge in [-0.15, -0.1) is 11.3 Å². The number of rotatable bonds is 6. The minimum Gasteiger partial charge on any atom is -0.423 e. The molecule has 0 atom stereocenters. The van der Waals surface area contributed by atoms with Gasteiger partial charge in [0, 0.05) is 16.5 Å². The van der Waals surface area contributed by atoms with Crippen LogP contribution in [0.15, 0.2) is 84.3 Å². The smallest absolute Gasteiger partial charge is 0.336 e. The number of thiophene rings is 1. The second-order valence-electron chi connectivity index (χ2n) is 5.40. The van der Waals surface area contributed by atoms with E-state index in [1.807, 2.05) is 47.8 Å². The maximum Gasteiger partial charge on any atom is 0.336 e. The molecule has 128 valence electrons. The van der Waals surface area contributed by atoms with Gasteiger partial charge in [-0.05, 0) is 59.5 Å². The molecular weight excluding hydrogens is 344 g/mol. The van der Waals surface area contributed by atoms with E-state index in [-0.39, 0.29) is 5.78 Å². The predicted molar refractivity (Wildman–Crippen MR) is 105 cm³/mol. The van der Waals surface area contributed by atoms with Gasteiger partial charge in [-0.3, -0.25) is 4.79 Å². The summed E-state index contributed by atoms with van der Waals surface area (Å²) in [6.07, 6.45) is 6.39. The molecule has 2 aromatic carbocycles. The summed E-state index contributed by atoms with van der Waals surface area (Å²) in [7, 11) is 0. The lowest BCUT2D eigenvalue weighted by Crippen LogP contribution is -2.04. The van der Waals surface area contributed by atoms with Gasteiger partial charge in [-0.1, -0.05) is 36.4 Å². The number of ether oxygens (including phenoxy) is 1. The topological polar surface area (TPSA) is 43.4 Å². The summed E-state index contributed by atoms with van der Waals surface area (Å²) < 4.78 is 5.24. The molecule has 0 N–H and O–H groups in total. The van der Waals surface area contributed by atoms with E-state index in [1.54, 1.807) is 47.8 Å². The molecule has 0 fully saturated rings. The van der Waals surface area contributed by atoms with Gasteiger partial charge in [0.2, 0.25) is 0 Å². The predicted octanol–water partition coefficient (Wildman–Crippen LogP) is 5.26. The summed E-state index contributed by atoms with van der Waals surface area (Å²) in [5, 5.41) is 1.96. The van der Waals surface area contributed by atoms with Crippen molar-refractivity contribution >= 4 is 35.2 Å². The third-order valence-electron chi connectivity index (χ3n) is 3.51. The highest BCUT2D eigenvalue weighted by atomic mass is 32.1. The van der Waals surface area contributed by atoms with Crippen molar-refractivity contribution in [2.45, 2.75) is 0 Å². The van der Waals surface area contributed by atoms with E-state index in [2.05, 4.69) is 0 Å². The van der Waals surface area contributed by atoms with Crippen molar-refractivity contribution in [2.75, 3.05) is 0 Å². The van der Waals surface area contributed by atoms with Gasteiger partial charge in [0.1, 0.15) is 5.75 Å². The molecule has 3 aromatic rings. The summed E-state index contributed by atoms with van der Waals surface area (Å²) in [6.45, 7) is 0. The zero-order chi connectivity index (χ0) is 18.2. The van der Waals surface area contributed by atoms with Gasteiger partial charge in [-0.2, -0.15) is 0 Å². The minimum atomic E-state index is -0.467. The van der Waals surface area contributed by atoms with Gasteiger partial charge < -0.3 is 4.74 Å². The van der Waals surface area contributed by atoms with E-state index in [1.165, 1.54) is 12.2 Å². The number of ketones is 1. The van der Waals surface area contributed by atoms with Crippen LogP contribution in [0.5, 0.6) is 5.75 Å². The van der Waals surface area contributed by atoms with E-state index >= 15 is 0 Å². The maximum absolute atomic E-state index is 12.1. The Bertz CT molecular complexity index is 921. The normalized spacial score (nSPS) is 11.1. The minimum absolute atomic E-state index is 0.0970. The fourth-order valence-electron chi connectivity index (χ4n) is 2.21. The van der Waals surface area contributed by atoms with E-state index in [4.69, 9.17) is 4.74 Å². The van der Waals surface area contributed by atoms with Crippen molar-refractivity contribution in [1.82, 2.24) is 0 Å². The van der Waals surface area contributed by atoms with Crippen molar-refractivity contribution in [2.24, 2.45) is 0 Å².